The highest BCUT2D eigenvalue weighted by molar-refractivity contribution is 5.93. The molecule has 138 valence electrons. The van der Waals surface area contributed by atoms with Crippen LogP contribution in [0.3, 0.4) is 0 Å². The van der Waals surface area contributed by atoms with E-state index in [1.54, 1.807) is 6.20 Å². The summed E-state index contributed by atoms with van der Waals surface area (Å²) in [6.45, 7) is 9.07. The summed E-state index contributed by atoms with van der Waals surface area (Å²) in [5.74, 6) is 0.808. The Morgan fingerprint density at radius 2 is 2.15 bits per heavy atom. The van der Waals surface area contributed by atoms with Crippen molar-refractivity contribution in [3.8, 4) is 5.88 Å². The maximum Gasteiger partial charge on any atom is 0.248 e. The van der Waals surface area contributed by atoms with E-state index in [4.69, 9.17) is 21.8 Å². The molecule has 2 aromatic heterocycles. The van der Waals surface area contributed by atoms with Crippen molar-refractivity contribution in [1.82, 2.24) is 14.8 Å². The molecule has 0 amide bonds. The smallest absolute Gasteiger partial charge is 0.248 e. The molecule has 3 aromatic rings. The number of pyridine rings is 1. The minimum absolute atomic E-state index is 0.172. The number of fused-ring (bicyclic) bond motifs is 1. The highest BCUT2D eigenvalue weighted by Gasteiger charge is 2.33. The van der Waals surface area contributed by atoms with Gasteiger partial charge in [-0.2, -0.15) is 5.10 Å². The first-order valence-electron chi connectivity index (χ1n) is 9.01. The average molecular weight is 363 g/mol. The fourth-order valence-corrected chi connectivity index (χ4v) is 3.46. The molecule has 3 heterocycles. The van der Waals surface area contributed by atoms with Gasteiger partial charge in [-0.05, 0) is 18.1 Å². The Morgan fingerprint density at radius 1 is 1.30 bits per heavy atom. The number of ether oxygens (including phenoxy) is 2. The summed E-state index contributed by atoms with van der Waals surface area (Å²) in [5, 5.41) is 5.20. The van der Waals surface area contributed by atoms with Crippen LogP contribution in [0.1, 0.15) is 24.4 Å². The van der Waals surface area contributed by atoms with Crippen LogP contribution >= 0.6 is 0 Å². The Bertz CT molecular complexity index is 964. The van der Waals surface area contributed by atoms with Gasteiger partial charge >= 0.3 is 0 Å². The molecule has 1 aliphatic rings. The molecule has 2 atom stereocenters. The van der Waals surface area contributed by atoms with Crippen LogP contribution in [0.25, 0.3) is 15.7 Å². The second kappa shape index (κ2) is 7.64. The van der Waals surface area contributed by atoms with Crippen molar-refractivity contribution in [3.05, 3.63) is 59.6 Å². The Labute approximate surface area is 157 Å². The molecular weight excluding hydrogens is 342 g/mol. The molecule has 0 bridgehead atoms. The fourth-order valence-electron chi connectivity index (χ4n) is 3.46. The van der Waals surface area contributed by atoms with Gasteiger partial charge in [0.2, 0.25) is 11.9 Å². The number of nitrogens with zero attached hydrogens (tertiary/aromatic N) is 4. The Hall–Kier alpha value is -3.11. The second-order valence-corrected chi connectivity index (χ2v) is 6.60. The van der Waals surface area contributed by atoms with Crippen molar-refractivity contribution in [1.29, 1.82) is 0 Å². The van der Waals surface area contributed by atoms with Crippen LogP contribution in [0, 0.1) is 6.57 Å². The van der Waals surface area contributed by atoms with Crippen LogP contribution in [0.5, 0.6) is 5.88 Å². The van der Waals surface area contributed by atoms with Gasteiger partial charge in [-0.3, -0.25) is 0 Å². The molecule has 0 radical (unpaired) electrons. The average Bonchev–Trinajstić information content (AvgIpc) is 2.89. The second-order valence-electron chi connectivity index (χ2n) is 6.60. The van der Waals surface area contributed by atoms with Crippen molar-refractivity contribution >= 4 is 16.7 Å². The standard InChI is InChI=1S/C20H21N5O2/c1-22-15-8-5-11-26-13-17(15)25-16-9-10-23-20(18(16)19(21)24-25)27-12-14-6-3-2-4-7-14/h2-4,6-7,9-10,15,17H,5,8,11-13H2,(H2,21,24)/t15-,17?/m0/s1. The zero-order valence-corrected chi connectivity index (χ0v) is 14.9. The number of rotatable bonds is 4. The van der Waals surface area contributed by atoms with E-state index in [0.717, 1.165) is 23.9 Å². The molecule has 7 nitrogen and oxygen atoms in total. The zero-order valence-electron chi connectivity index (χ0n) is 14.9. The van der Waals surface area contributed by atoms with Crippen LogP contribution in [-0.4, -0.2) is 34.0 Å². The van der Waals surface area contributed by atoms with Crippen LogP contribution in [0.15, 0.2) is 42.6 Å². The molecule has 4 rings (SSSR count). The van der Waals surface area contributed by atoms with Gasteiger partial charge in [-0.25, -0.2) is 16.2 Å². The molecular formula is C20H21N5O2. The largest absolute Gasteiger partial charge is 0.472 e. The number of benzene rings is 1. The molecule has 1 saturated heterocycles. The Morgan fingerprint density at radius 3 is 2.96 bits per heavy atom. The van der Waals surface area contributed by atoms with E-state index >= 15 is 0 Å². The van der Waals surface area contributed by atoms with Crippen molar-refractivity contribution in [2.75, 3.05) is 18.9 Å². The van der Waals surface area contributed by atoms with Gasteiger partial charge in [-0.1, -0.05) is 30.3 Å². The molecule has 1 aliphatic heterocycles. The van der Waals surface area contributed by atoms with Gasteiger partial charge in [-0.15, -0.1) is 0 Å². The molecule has 0 spiro atoms. The van der Waals surface area contributed by atoms with Gasteiger partial charge in [0, 0.05) is 19.2 Å². The molecule has 27 heavy (non-hydrogen) atoms. The minimum atomic E-state index is -0.183. The Balaban J connectivity index is 1.69. The fraction of sp³-hybridized carbons (Fsp3) is 0.350. The van der Waals surface area contributed by atoms with E-state index in [9.17, 15) is 0 Å². The molecule has 7 heteroatoms. The molecule has 0 saturated carbocycles. The molecule has 1 aromatic carbocycles. The van der Waals surface area contributed by atoms with E-state index < -0.39 is 0 Å². The first kappa shape index (κ1) is 17.3. The van der Waals surface area contributed by atoms with Crippen molar-refractivity contribution in [2.24, 2.45) is 0 Å². The summed E-state index contributed by atoms with van der Waals surface area (Å²) < 4.78 is 13.4. The Kier molecular flexibility index (Phi) is 4.90. The summed E-state index contributed by atoms with van der Waals surface area (Å²) in [7, 11) is 0. The van der Waals surface area contributed by atoms with Gasteiger partial charge in [0.25, 0.3) is 0 Å². The number of anilines is 1. The topological polar surface area (TPSA) is 79.5 Å². The third kappa shape index (κ3) is 3.44. The maximum absolute atomic E-state index is 7.55. The van der Waals surface area contributed by atoms with E-state index in [-0.39, 0.29) is 12.1 Å². The summed E-state index contributed by atoms with van der Waals surface area (Å²) in [4.78, 5) is 8.15. The first-order valence-corrected chi connectivity index (χ1v) is 9.01. The summed E-state index contributed by atoms with van der Waals surface area (Å²) >= 11 is 0. The number of nitrogen functional groups attached to an aromatic ring is 1. The van der Waals surface area contributed by atoms with E-state index in [0.29, 0.717) is 36.9 Å². The highest BCUT2D eigenvalue weighted by Crippen LogP contribution is 2.33. The normalized spacial score (nSPS) is 20.1. The number of hydrogen-bond acceptors (Lipinski definition) is 5. The van der Waals surface area contributed by atoms with Crippen LogP contribution < -0.4 is 10.5 Å². The van der Waals surface area contributed by atoms with Crippen LogP contribution in [0.4, 0.5) is 5.82 Å². The molecule has 1 unspecified atom stereocenters. The molecule has 0 aliphatic carbocycles. The molecule has 1 fully saturated rings. The quantitative estimate of drug-likeness (QED) is 0.720. The van der Waals surface area contributed by atoms with E-state index in [1.807, 2.05) is 41.1 Å². The number of hydrogen-bond donors (Lipinski definition) is 1. The predicted octanol–water partition coefficient (Wildman–Crippen LogP) is 3.23. The highest BCUT2D eigenvalue weighted by atomic mass is 16.5. The molecule has 2 N–H and O–H groups in total. The van der Waals surface area contributed by atoms with E-state index in [1.165, 1.54) is 0 Å². The van der Waals surface area contributed by atoms with E-state index in [2.05, 4.69) is 14.9 Å². The predicted molar refractivity (Wildman–Crippen MR) is 102 cm³/mol. The number of aromatic nitrogens is 3. The lowest BCUT2D eigenvalue weighted by Crippen LogP contribution is -2.25. The van der Waals surface area contributed by atoms with Crippen molar-refractivity contribution < 1.29 is 9.47 Å². The summed E-state index contributed by atoms with van der Waals surface area (Å²) in [6, 6.07) is 11.4. The third-order valence-electron chi connectivity index (χ3n) is 4.83. The van der Waals surface area contributed by atoms with Gasteiger partial charge in [0.05, 0.1) is 12.1 Å². The lowest BCUT2D eigenvalue weighted by atomic mass is 10.1. The monoisotopic (exact) mass is 363 g/mol. The van der Waals surface area contributed by atoms with Crippen molar-refractivity contribution in [3.63, 3.8) is 0 Å². The maximum atomic E-state index is 7.55. The lowest BCUT2D eigenvalue weighted by molar-refractivity contribution is 0.115. The number of nitrogens with two attached hydrogens (primary N) is 1. The SMILES string of the molecule is [C-]#[N+][C@H]1CCCOCC1n1nc(N)c2c(OCc3ccccc3)nccc21. The van der Waals surface area contributed by atoms with Gasteiger partial charge < -0.3 is 20.1 Å². The minimum Gasteiger partial charge on any atom is -0.472 e. The zero-order chi connectivity index (χ0) is 18.6. The summed E-state index contributed by atoms with van der Waals surface area (Å²) in [6.07, 6.45) is 3.35. The lowest BCUT2D eigenvalue weighted by Gasteiger charge is -2.17. The van der Waals surface area contributed by atoms with Crippen LogP contribution in [-0.2, 0) is 11.3 Å². The summed E-state index contributed by atoms with van der Waals surface area (Å²) in [5.41, 5.74) is 8.07. The van der Waals surface area contributed by atoms with Crippen LogP contribution in [0.2, 0.25) is 0 Å². The van der Waals surface area contributed by atoms with Gasteiger partial charge in [0.1, 0.15) is 12.0 Å². The van der Waals surface area contributed by atoms with Gasteiger partial charge in [0.15, 0.2) is 11.9 Å². The first-order chi connectivity index (χ1) is 13.3. The third-order valence-corrected chi connectivity index (χ3v) is 4.83. The van der Waals surface area contributed by atoms with Crippen molar-refractivity contribution in [2.45, 2.75) is 31.5 Å².